The fraction of sp³-hybridized carbons (Fsp3) is 0.188. The molecule has 104 valence electrons. The Hall–Kier alpha value is -1.84. The third kappa shape index (κ3) is 3.38. The third-order valence-electron chi connectivity index (χ3n) is 2.85. The summed E-state index contributed by atoms with van der Waals surface area (Å²) in [6.45, 7) is 0.990. The minimum absolute atomic E-state index is 0.470. The fourth-order valence-electron chi connectivity index (χ4n) is 1.87. The maximum absolute atomic E-state index is 10.8. The zero-order valence-corrected chi connectivity index (χ0v) is 11.9. The maximum atomic E-state index is 10.8. The van der Waals surface area contributed by atoms with Crippen LogP contribution in [-0.2, 0) is 4.74 Å². The van der Waals surface area contributed by atoms with Crippen molar-refractivity contribution >= 4 is 17.9 Å². The molecule has 2 aromatic rings. The van der Waals surface area contributed by atoms with Crippen LogP contribution < -0.4 is 4.74 Å². The SMILES string of the molecule is COCCOc1ccccc1-c1ccc(C=O)cc1Cl. The summed E-state index contributed by atoms with van der Waals surface area (Å²) < 4.78 is 10.7. The van der Waals surface area contributed by atoms with Gasteiger partial charge in [-0.1, -0.05) is 41.9 Å². The van der Waals surface area contributed by atoms with Crippen molar-refractivity contribution in [2.75, 3.05) is 20.3 Å². The number of carbonyl (C=O) groups is 1. The van der Waals surface area contributed by atoms with Gasteiger partial charge in [-0.05, 0) is 12.1 Å². The van der Waals surface area contributed by atoms with E-state index in [1.165, 1.54) is 0 Å². The lowest BCUT2D eigenvalue weighted by molar-refractivity contribution is 0.112. The van der Waals surface area contributed by atoms with Gasteiger partial charge in [0, 0.05) is 28.8 Å². The van der Waals surface area contributed by atoms with Gasteiger partial charge in [-0.2, -0.15) is 0 Å². The molecule has 0 saturated carbocycles. The number of hydrogen-bond donors (Lipinski definition) is 0. The molecule has 0 N–H and O–H groups in total. The topological polar surface area (TPSA) is 35.5 Å². The Bertz CT molecular complexity index is 596. The molecule has 4 heteroatoms. The number of methoxy groups -OCH3 is 1. The first kappa shape index (κ1) is 14.6. The first-order chi connectivity index (χ1) is 9.76. The molecule has 20 heavy (non-hydrogen) atoms. The van der Waals surface area contributed by atoms with E-state index >= 15 is 0 Å². The lowest BCUT2D eigenvalue weighted by Crippen LogP contribution is -2.05. The van der Waals surface area contributed by atoms with Crippen molar-refractivity contribution in [1.29, 1.82) is 0 Å². The number of hydrogen-bond acceptors (Lipinski definition) is 3. The normalized spacial score (nSPS) is 10.3. The van der Waals surface area contributed by atoms with Crippen LogP contribution in [0.4, 0.5) is 0 Å². The van der Waals surface area contributed by atoms with E-state index in [9.17, 15) is 4.79 Å². The summed E-state index contributed by atoms with van der Waals surface area (Å²) in [4.78, 5) is 10.8. The van der Waals surface area contributed by atoms with Crippen LogP contribution in [0.25, 0.3) is 11.1 Å². The number of benzene rings is 2. The average Bonchev–Trinajstić information content (AvgIpc) is 2.48. The summed E-state index contributed by atoms with van der Waals surface area (Å²) in [5.74, 6) is 0.741. The summed E-state index contributed by atoms with van der Waals surface area (Å²) in [6, 6.07) is 12.8. The van der Waals surface area contributed by atoms with Crippen LogP contribution >= 0.6 is 11.6 Å². The minimum atomic E-state index is 0.470. The molecule has 0 amide bonds. The van der Waals surface area contributed by atoms with E-state index in [1.54, 1.807) is 19.2 Å². The third-order valence-corrected chi connectivity index (χ3v) is 3.16. The Morgan fingerprint density at radius 2 is 1.90 bits per heavy atom. The van der Waals surface area contributed by atoms with Gasteiger partial charge in [-0.25, -0.2) is 0 Å². The molecule has 2 rings (SSSR count). The number of para-hydroxylation sites is 1. The van der Waals surface area contributed by atoms with Crippen LogP contribution in [0.1, 0.15) is 10.4 Å². The van der Waals surface area contributed by atoms with E-state index in [0.717, 1.165) is 23.2 Å². The van der Waals surface area contributed by atoms with Gasteiger partial charge in [0.2, 0.25) is 0 Å². The summed E-state index contributed by atoms with van der Waals surface area (Å²) >= 11 is 6.24. The van der Waals surface area contributed by atoms with Crippen molar-refractivity contribution in [3.8, 4) is 16.9 Å². The van der Waals surface area contributed by atoms with Crippen LogP contribution in [0, 0.1) is 0 Å². The molecule has 0 bridgehead atoms. The molecule has 0 heterocycles. The largest absolute Gasteiger partial charge is 0.491 e. The standard InChI is InChI=1S/C16H15ClO3/c1-19-8-9-20-16-5-3-2-4-14(16)13-7-6-12(11-18)10-15(13)17/h2-7,10-11H,8-9H2,1H3. The zero-order chi connectivity index (χ0) is 14.4. The second-order valence-electron chi connectivity index (χ2n) is 4.19. The molecule has 0 aliphatic carbocycles. The van der Waals surface area contributed by atoms with Crippen LogP contribution in [-0.4, -0.2) is 26.6 Å². The fourth-order valence-corrected chi connectivity index (χ4v) is 2.16. The number of rotatable bonds is 6. The summed E-state index contributed by atoms with van der Waals surface area (Å²) in [5, 5.41) is 0.525. The van der Waals surface area contributed by atoms with Crippen LogP contribution in [0.15, 0.2) is 42.5 Å². The van der Waals surface area contributed by atoms with Gasteiger partial charge in [-0.15, -0.1) is 0 Å². The van der Waals surface area contributed by atoms with Gasteiger partial charge in [0.05, 0.1) is 6.61 Å². The van der Waals surface area contributed by atoms with Gasteiger partial charge in [-0.3, -0.25) is 4.79 Å². The Labute approximate surface area is 123 Å². The molecule has 0 unspecified atom stereocenters. The molecule has 0 atom stereocenters. The van der Waals surface area contributed by atoms with Gasteiger partial charge < -0.3 is 9.47 Å². The second kappa shape index (κ2) is 7.08. The van der Waals surface area contributed by atoms with Gasteiger partial charge in [0.1, 0.15) is 18.6 Å². The van der Waals surface area contributed by atoms with Crippen molar-refractivity contribution in [1.82, 2.24) is 0 Å². The molecule has 0 saturated heterocycles. The van der Waals surface area contributed by atoms with Gasteiger partial charge in [0.25, 0.3) is 0 Å². The lowest BCUT2D eigenvalue weighted by atomic mass is 10.0. The van der Waals surface area contributed by atoms with Crippen LogP contribution in [0.3, 0.4) is 0 Å². The first-order valence-electron chi connectivity index (χ1n) is 6.22. The highest BCUT2D eigenvalue weighted by Gasteiger charge is 2.10. The molecule has 0 spiro atoms. The molecular formula is C16H15ClO3. The van der Waals surface area contributed by atoms with Gasteiger partial charge >= 0.3 is 0 Å². The molecule has 3 nitrogen and oxygen atoms in total. The van der Waals surface area contributed by atoms with Crippen molar-refractivity contribution < 1.29 is 14.3 Å². The molecule has 0 aliphatic heterocycles. The van der Waals surface area contributed by atoms with Crippen molar-refractivity contribution in [2.45, 2.75) is 0 Å². The van der Waals surface area contributed by atoms with Crippen molar-refractivity contribution in [3.63, 3.8) is 0 Å². The number of ether oxygens (including phenoxy) is 2. The van der Waals surface area contributed by atoms with E-state index in [0.29, 0.717) is 23.8 Å². The highest BCUT2D eigenvalue weighted by Crippen LogP contribution is 2.35. The molecular weight excluding hydrogens is 276 g/mol. The molecule has 2 aromatic carbocycles. The summed E-state index contributed by atoms with van der Waals surface area (Å²) in [7, 11) is 1.63. The van der Waals surface area contributed by atoms with Gasteiger partial charge in [0.15, 0.2) is 0 Å². The molecule has 0 fully saturated rings. The van der Waals surface area contributed by atoms with Crippen molar-refractivity contribution in [3.05, 3.63) is 53.1 Å². The summed E-state index contributed by atoms with van der Waals surface area (Å²) in [5.41, 5.74) is 2.29. The van der Waals surface area contributed by atoms with Crippen LogP contribution in [0.5, 0.6) is 5.75 Å². The first-order valence-corrected chi connectivity index (χ1v) is 6.60. The highest BCUT2D eigenvalue weighted by molar-refractivity contribution is 6.33. The quantitative estimate of drug-likeness (QED) is 0.599. The smallest absolute Gasteiger partial charge is 0.150 e. The van der Waals surface area contributed by atoms with E-state index in [1.807, 2.05) is 30.3 Å². The predicted octanol–water partition coefficient (Wildman–Crippen LogP) is 3.84. The zero-order valence-electron chi connectivity index (χ0n) is 11.1. The Kier molecular flexibility index (Phi) is 5.16. The van der Waals surface area contributed by atoms with E-state index in [4.69, 9.17) is 21.1 Å². The maximum Gasteiger partial charge on any atom is 0.150 e. The average molecular weight is 291 g/mol. The van der Waals surface area contributed by atoms with E-state index < -0.39 is 0 Å². The Morgan fingerprint density at radius 3 is 2.60 bits per heavy atom. The monoisotopic (exact) mass is 290 g/mol. The van der Waals surface area contributed by atoms with E-state index in [2.05, 4.69) is 0 Å². The lowest BCUT2D eigenvalue weighted by Gasteiger charge is -2.12. The number of halogens is 1. The molecule has 0 aliphatic rings. The van der Waals surface area contributed by atoms with Crippen LogP contribution in [0.2, 0.25) is 5.02 Å². The number of carbonyl (C=O) groups excluding carboxylic acids is 1. The number of aldehydes is 1. The second-order valence-corrected chi connectivity index (χ2v) is 4.60. The van der Waals surface area contributed by atoms with Crippen molar-refractivity contribution in [2.24, 2.45) is 0 Å². The molecule has 0 aromatic heterocycles. The predicted molar refractivity (Wildman–Crippen MR) is 79.6 cm³/mol. The highest BCUT2D eigenvalue weighted by atomic mass is 35.5. The Morgan fingerprint density at radius 1 is 1.10 bits per heavy atom. The summed E-state index contributed by atoms with van der Waals surface area (Å²) in [6.07, 6.45) is 0.774. The Balaban J connectivity index is 2.34. The minimum Gasteiger partial charge on any atom is -0.491 e. The van der Waals surface area contributed by atoms with E-state index in [-0.39, 0.29) is 0 Å². The molecule has 0 radical (unpaired) electrons.